The van der Waals surface area contributed by atoms with Crippen LogP contribution in [0.5, 0.6) is 0 Å². The molecule has 2 bridgehead atoms. The second-order valence-corrected chi connectivity index (χ2v) is 5.16. The summed E-state index contributed by atoms with van der Waals surface area (Å²) in [6.45, 7) is 5.14. The molecule has 0 aromatic heterocycles. The quantitative estimate of drug-likeness (QED) is 0.528. The number of alkyl halides is 2. The number of fused-ring (bicyclic) bond motifs is 2. The first-order valence-electron chi connectivity index (χ1n) is 4.69. The van der Waals surface area contributed by atoms with Crippen molar-refractivity contribution in [3.05, 3.63) is 0 Å². The molecular weight excluding hydrogens is 158 g/mol. The predicted molar refractivity (Wildman–Crippen MR) is 44.5 cm³/mol. The fourth-order valence-corrected chi connectivity index (χ4v) is 3.04. The summed E-state index contributed by atoms with van der Waals surface area (Å²) in [5, 5.41) is 0. The van der Waals surface area contributed by atoms with Gasteiger partial charge in [-0.05, 0) is 32.1 Å². The van der Waals surface area contributed by atoms with Crippen molar-refractivity contribution in [2.45, 2.75) is 51.4 Å². The van der Waals surface area contributed by atoms with E-state index in [1.54, 1.807) is 0 Å². The summed E-state index contributed by atoms with van der Waals surface area (Å²) in [5.74, 6) is 0.409. The molecule has 0 aromatic carbocycles. The molecule has 0 saturated heterocycles. The van der Waals surface area contributed by atoms with Crippen LogP contribution >= 0.6 is 0 Å². The Balaban J connectivity index is 2.37. The molecular formula is C10H16F2. The second kappa shape index (κ2) is 1.85. The van der Waals surface area contributed by atoms with E-state index in [4.69, 9.17) is 0 Å². The molecule has 70 valence electrons. The Bertz CT molecular complexity index is 210. The standard InChI is InChI=1S/C10H16F2/c1-8(2)7-4-5-9(3,11)10(8,12)6-7/h7H,4-6H2,1-3H3. The van der Waals surface area contributed by atoms with Gasteiger partial charge in [-0.3, -0.25) is 0 Å². The normalized spacial score (nSPS) is 56.2. The minimum Gasteiger partial charge on any atom is -0.241 e. The summed E-state index contributed by atoms with van der Waals surface area (Å²) >= 11 is 0. The molecule has 2 heteroatoms. The summed E-state index contributed by atoms with van der Waals surface area (Å²) in [7, 11) is 0. The van der Waals surface area contributed by atoms with Gasteiger partial charge in [0.05, 0.1) is 0 Å². The Morgan fingerprint density at radius 2 is 1.75 bits per heavy atom. The third-order valence-corrected chi connectivity index (χ3v) is 4.36. The van der Waals surface area contributed by atoms with E-state index in [2.05, 4.69) is 0 Å². The van der Waals surface area contributed by atoms with Gasteiger partial charge < -0.3 is 0 Å². The van der Waals surface area contributed by atoms with Crippen molar-refractivity contribution in [1.29, 1.82) is 0 Å². The molecule has 0 nitrogen and oxygen atoms in total. The van der Waals surface area contributed by atoms with Gasteiger partial charge in [0.25, 0.3) is 0 Å². The van der Waals surface area contributed by atoms with Crippen molar-refractivity contribution < 1.29 is 8.78 Å². The number of halogens is 2. The molecule has 3 aliphatic carbocycles. The highest BCUT2D eigenvalue weighted by molar-refractivity contribution is 5.21. The molecule has 0 radical (unpaired) electrons. The lowest BCUT2D eigenvalue weighted by Gasteiger charge is -2.65. The van der Waals surface area contributed by atoms with Gasteiger partial charge in [-0.15, -0.1) is 0 Å². The number of hydrogen-bond donors (Lipinski definition) is 0. The third-order valence-electron chi connectivity index (χ3n) is 4.36. The highest BCUT2D eigenvalue weighted by Gasteiger charge is 2.72. The summed E-state index contributed by atoms with van der Waals surface area (Å²) in [5.41, 5.74) is -3.58. The molecule has 0 heterocycles. The van der Waals surface area contributed by atoms with Crippen molar-refractivity contribution in [3.8, 4) is 0 Å². The van der Waals surface area contributed by atoms with Gasteiger partial charge in [-0.25, -0.2) is 8.78 Å². The van der Waals surface area contributed by atoms with E-state index in [1.165, 1.54) is 6.92 Å². The lowest BCUT2D eigenvalue weighted by Crippen LogP contribution is -2.70. The maximum atomic E-state index is 14.1. The van der Waals surface area contributed by atoms with Crippen LogP contribution in [0.15, 0.2) is 0 Å². The van der Waals surface area contributed by atoms with Crippen molar-refractivity contribution in [1.82, 2.24) is 0 Å². The molecule has 3 fully saturated rings. The lowest BCUT2D eigenvalue weighted by atomic mass is 9.43. The Labute approximate surface area is 72.3 Å². The zero-order valence-electron chi connectivity index (χ0n) is 7.95. The Morgan fingerprint density at radius 1 is 1.17 bits per heavy atom. The highest BCUT2D eigenvalue weighted by Crippen LogP contribution is 2.68. The fourth-order valence-electron chi connectivity index (χ4n) is 3.04. The molecule has 0 spiro atoms. The largest absolute Gasteiger partial charge is 0.241 e. The summed E-state index contributed by atoms with van der Waals surface area (Å²) in [4.78, 5) is 0. The molecule has 0 N–H and O–H groups in total. The number of rotatable bonds is 0. The van der Waals surface area contributed by atoms with Gasteiger partial charge in [0, 0.05) is 5.41 Å². The topological polar surface area (TPSA) is 0 Å². The van der Waals surface area contributed by atoms with Crippen LogP contribution in [-0.2, 0) is 0 Å². The van der Waals surface area contributed by atoms with Crippen LogP contribution < -0.4 is 0 Å². The fraction of sp³-hybridized carbons (Fsp3) is 1.00. The average molecular weight is 174 g/mol. The van der Waals surface area contributed by atoms with Crippen molar-refractivity contribution in [2.75, 3.05) is 0 Å². The maximum Gasteiger partial charge on any atom is 0.150 e. The van der Waals surface area contributed by atoms with Crippen LogP contribution in [0.1, 0.15) is 40.0 Å². The van der Waals surface area contributed by atoms with Gasteiger partial charge >= 0.3 is 0 Å². The molecule has 0 aliphatic heterocycles. The average Bonchev–Trinajstić information content (AvgIpc) is 1.94. The van der Waals surface area contributed by atoms with E-state index in [9.17, 15) is 8.78 Å². The van der Waals surface area contributed by atoms with Crippen molar-refractivity contribution in [3.63, 3.8) is 0 Å². The first-order chi connectivity index (χ1) is 5.31. The summed E-state index contributed by atoms with van der Waals surface area (Å²) < 4.78 is 27.9. The van der Waals surface area contributed by atoms with Crippen LogP contribution in [-0.4, -0.2) is 11.3 Å². The van der Waals surface area contributed by atoms with Crippen molar-refractivity contribution in [2.24, 2.45) is 11.3 Å². The number of hydrogen-bond acceptors (Lipinski definition) is 0. The van der Waals surface area contributed by atoms with Crippen LogP contribution in [0.4, 0.5) is 8.78 Å². The monoisotopic (exact) mass is 174 g/mol. The summed E-state index contributed by atoms with van der Waals surface area (Å²) in [6.07, 6.45) is 1.69. The SMILES string of the molecule is CC1(F)CCC2CC1(F)C2(C)C. The van der Waals surface area contributed by atoms with E-state index in [-0.39, 0.29) is 0 Å². The van der Waals surface area contributed by atoms with Gasteiger partial charge in [0.2, 0.25) is 0 Å². The van der Waals surface area contributed by atoms with E-state index in [0.717, 1.165) is 6.42 Å². The van der Waals surface area contributed by atoms with Gasteiger partial charge in [0.1, 0.15) is 11.3 Å². The van der Waals surface area contributed by atoms with Gasteiger partial charge in [-0.1, -0.05) is 13.8 Å². The van der Waals surface area contributed by atoms with E-state index < -0.39 is 16.8 Å². The van der Waals surface area contributed by atoms with Crippen molar-refractivity contribution >= 4 is 0 Å². The lowest BCUT2D eigenvalue weighted by molar-refractivity contribution is -0.250. The first kappa shape index (κ1) is 8.46. The Hall–Kier alpha value is -0.140. The summed E-state index contributed by atoms with van der Waals surface area (Å²) in [6, 6.07) is 0. The molecule has 0 aromatic rings. The zero-order valence-corrected chi connectivity index (χ0v) is 7.95. The van der Waals surface area contributed by atoms with E-state index in [1.807, 2.05) is 13.8 Å². The highest BCUT2D eigenvalue weighted by atomic mass is 19.2. The predicted octanol–water partition coefficient (Wildman–Crippen LogP) is 3.26. The smallest absolute Gasteiger partial charge is 0.150 e. The van der Waals surface area contributed by atoms with Crippen LogP contribution in [0.3, 0.4) is 0 Å². The van der Waals surface area contributed by atoms with E-state index >= 15 is 0 Å². The zero-order chi connectivity index (χ0) is 9.20. The van der Waals surface area contributed by atoms with Gasteiger partial charge in [0.15, 0.2) is 0 Å². The second-order valence-electron chi connectivity index (χ2n) is 5.16. The first-order valence-corrected chi connectivity index (χ1v) is 4.69. The minimum absolute atomic E-state index is 0.400. The molecule has 3 rings (SSSR count). The molecule has 3 unspecified atom stereocenters. The van der Waals surface area contributed by atoms with Crippen LogP contribution in [0.2, 0.25) is 0 Å². The minimum atomic E-state index is -1.59. The van der Waals surface area contributed by atoms with Crippen LogP contribution in [0, 0.1) is 11.3 Å². The van der Waals surface area contributed by atoms with Crippen LogP contribution in [0.25, 0.3) is 0 Å². The molecule has 3 saturated carbocycles. The van der Waals surface area contributed by atoms with E-state index in [0.29, 0.717) is 18.8 Å². The van der Waals surface area contributed by atoms with Gasteiger partial charge in [-0.2, -0.15) is 0 Å². The molecule has 3 atom stereocenters. The molecule has 3 aliphatic rings. The third kappa shape index (κ3) is 0.637. The Morgan fingerprint density at radius 3 is 2.08 bits per heavy atom. The molecule has 12 heavy (non-hydrogen) atoms. The maximum absolute atomic E-state index is 14.1. The Kier molecular flexibility index (Phi) is 1.31. The molecule has 0 amide bonds.